The summed E-state index contributed by atoms with van der Waals surface area (Å²) in [6.45, 7) is 5.17. The van der Waals surface area contributed by atoms with Gasteiger partial charge in [0.15, 0.2) is 0 Å². The summed E-state index contributed by atoms with van der Waals surface area (Å²) >= 11 is 6.06. The minimum absolute atomic E-state index is 0.0387. The molecule has 118 valence electrons. The predicted octanol–water partition coefficient (Wildman–Crippen LogP) is 1.86. The second-order valence-corrected chi connectivity index (χ2v) is 6.74. The van der Waals surface area contributed by atoms with E-state index >= 15 is 0 Å². The van der Waals surface area contributed by atoms with E-state index in [1.54, 1.807) is 17.2 Å². The lowest BCUT2D eigenvalue weighted by atomic mass is 10.2. The van der Waals surface area contributed by atoms with Gasteiger partial charge in [0.25, 0.3) is 5.91 Å². The maximum absolute atomic E-state index is 12.8. The molecule has 21 heavy (non-hydrogen) atoms. The van der Waals surface area contributed by atoms with Gasteiger partial charge >= 0.3 is 0 Å². The Labute approximate surface area is 131 Å². The van der Waals surface area contributed by atoms with Crippen molar-refractivity contribution in [3.63, 3.8) is 0 Å². The van der Waals surface area contributed by atoms with Crippen molar-refractivity contribution in [3.05, 3.63) is 23.0 Å². The van der Waals surface area contributed by atoms with Crippen molar-refractivity contribution in [2.45, 2.75) is 38.5 Å². The van der Waals surface area contributed by atoms with Crippen molar-refractivity contribution in [3.8, 4) is 0 Å². The van der Waals surface area contributed by atoms with Gasteiger partial charge < -0.3 is 19.5 Å². The van der Waals surface area contributed by atoms with E-state index in [-0.39, 0.29) is 18.0 Å². The van der Waals surface area contributed by atoms with Crippen LogP contribution < -0.4 is 0 Å². The molecular weight excluding hydrogens is 290 g/mol. The molecule has 0 bridgehead atoms. The third-order valence-electron chi connectivity index (χ3n) is 3.82. The van der Waals surface area contributed by atoms with Gasteiger partial charge in [-0.15, -0.1) is 0 Å². The van der Waals surface area contributed by atoms with E-state index in [1.807, 2.05) is 37.4 Å². The molecule has 2 unspecified atom stereocenters. The molecule has 0 radical (unpaired) electrons. The van der Waals surface area contributed by atoms with E-state index in [0.29, 0.717) is 23.7 Å². The molecule has 1 saturated heterocycles. The number of hydrogen-bond acceptors (Lipinski definition) is 3. The first-order chi connectivity index (χ1) is 9.79. The summed E-state index contributed by atoms with van der Waals surface area (Å²) in [5.74, 6) is -0.0565. The van der Waals surface area contributed by atoms with Crippen molar-refractivity contribution in [1.29, 1.82) is 0 Å². The molecular formula is C15H24ClN3O2. The number of aromatic nitrogens is 1. The number of likely N-dealkylation sites (N-methyl/N-ethyl adjacent to an activating group) is 1. The molecule has 1 fully saturated rings. The van der Waals surface area contributed by atoms with Crippen LogP contribution in [0.15, 0.2) is 12.3 Å². The molecule has 2 rings (SSSR count). The Balaban J connectivity index is 2.26. The summed E-state index contributed by atoms with van der Waals surface area (Å²) in [5.41, 5.74) is 0.591. The second-order valence-electron chi connectivity index (χ2n) is 6.31. The van der Waals surface area contributed by atoms with Crippen LogP contribution in [0.2, 0.25) is 5.02 Å². The molecule has 1 N–H and O–H groups in total. The maximum Gasteiger partial charge on any atom is 0.270 e. The average Bonchev–Trinajstić information content (AvgIpc) is 2.91. The third kappa shape index (κ3) is 3.59. The lowest BCUT2D eigenvalue weighted by Gasteiger charge is -2.27. The lowest BCUT2D eigenvalue weighted by Crippen LogP contribution is -2.42. The Bertz CT molecular complexity index is 513. The quantitative estimate of drug-likeness (QED) is 0.923. The SMILES string of the molecule is CC(C)n1cc(Cl)cc1C(=O)N1CC(O)CC1CN(C)C. The van der Waals surface area contributed by atoms with Crippen LogP contribution in [0.3, 0.4) is 0 Å². The molecule has 1 aliphatic heterocycles. The highest BCUT2D eigenvalue weighted by Crippen LogP contribution is 2.25. The van der Waals surface area contributed by atoms with Gasteiger partial charge in [-0.05, 0) is 40.4 Å². The number of rotatable bonds is 4. The fourth-order valence-corrected chi connectivity index (χ4v) is 3.14. The fraction of sp³-hybridized carbons (Fsp3) is 0.667. The number of halogens is 1. The smallest absolute Gasteiger partial charge is 0.270 e. The molecule has 0 aliphatic carbocycles. The number of amides is 1. The van der Waals surface area contributed by atoms with Crippen LogP contribution in [-0.2, 0) is 0 Å². The summed E-state index contributed by atoms with van der Waals surface area (Å²) < 4.78 is 1.89. The predicted molar refractivity (Wildman–Crippen MR) is 83.8 cm³/mol. The molecule has 1 aromatic rings. The van der Waals surface area contributed by atoms with Gasteiger partial charge in [-0.3, -0.25) is 4.79 Å². The monoisotopic (exact) mass is 313 g/mol. The first kappa shape index (κ1) is 16.3. The van der Waals surface area contributed by atoms with Crippen LogP contribution in [0.5, 0.6) is 0 Å². The van der Waals surface area contributed by atoms with Crippen LogP contribution in [0, 0.1) is 0 Å². The van der Waals surface area contributed by atoms with Gasteiger partial charge in [0, 0.05) is 31.4 Å². The van der Waals surface area contributed by atoms with Gasteiger partial charge in [-0.25, -0.2) is 0 Å². The van der Waals surface area contributed by atoms with Crippen LogP contribution in [0.25, 0.3) is 0 Å². The van der Waals surface area contributed by atoms with Gasteiger partial charge in [-0.2, -0.15) is 0 Å². The minimum Gasteiger partial charge on any atom is -0.391 e. The summed E-state index contributed by atoms with van der Waals surface area (Å²) in [4.78, 5) is 16.7. The molecule has 2 atom stereocenters. The number of aliphatic hydroxyl groups is 1. The lowest BCUT2D eigenvalue weighted by molar-refractivity contribution is 0.0686. The fourth-order valence-electron chi connectivity index (χ4n) is 2.93. The summed E-state index contributed by atoms with van der Waals surface area (Å²) in [6.07, 6.45) is 1.96. The second kappa shape index (κ2) is 6.38. The van der Waals surface area contributed by atoms with Gasteiger partial charge in [0.1, 0.15) is 5.69 Å². The molecule has 0 aromatic carbocycles. The zero-order valence-corrected chi connectivity index (χ0v) is 13.8. The number of β-amino-alcohol motifs (C(OH)–C–C–N with tert-alkyl or cyclic N) is 1. The zero-order valence-electron chi connectivity index (χ0n) is 13.1. The van der Waals surface area contributed by atoms with Gasteiger partial charge in [-0.1, -0.05) is 11.6 Å². The first-order valence-corrected chi connectivity index (χ1v) is 7.68. The topological polar surface area (TPSA) is 48.7 Å². The van der Waals surface area contributed by atoms with E-state index in [9.17, 15) is 9.90 Å². The van der Waals surface area contributed by atoms with Crippen LogP contribution >= 0.6 is 11.6 Å². The molecule has 0 saturated carbocycles. The normalized spacial score (nSPS) is 22.6. The minimum atomic E-state index is -0.447. The van der Waals surface area contributed by atoms with Crippen molar-refractivity contribution in [2.24, 2.45) is 0 Å². The molecule has 2 heterocycles. The molecule has 1 amide bonds. The number of carbonyl (C=O) groups is 1. The Morgan fingerprint density at radius 1 is 1.52 bits per heavy atom. The van der Waals surface area contributed by atoms with E-state index in [1.165, 1.54) is 0 Å². The van der Waals surface area contributed by atoms with Crippen LogP contribution in [0.4, 0.5) is 0 Å². The number of aliphatic hydroxyl groups excluding tert-OH is 1. The van der Waals surface area contributed by atoms with Gasteiger partial charge in [0.2, 0.25) is 0 Å². The summed E-state index contributed by atoms with van der Waals surface area (Å²) in [6, 6.07) is 1.91. The van der Waals surface area contributed by atoms with Crippen molar-refractivity contribution >= 4 is 17.5 Å². The van der Waals surface area contributed by atoms with Crippen molar-refractivity contribution in [1.82, 2.24) is 14.4 Å². The standard InChI is InChI=1S/C15H24ClN3O2/c1-10(2)18-7-11(16)5-14(18)15(21)19-9-13(20)6-12(19)8-17(3)4/h5,7,10,12-13,20H,6,8-9H2,1-4H3. The summed E-state index contributed by atoms with van der Waals surface area (Å²) in [5, 5.41) is 10.5. The molecule has 1 aliphatic rings. The summed E-state index contributed by atoms with van der Waals surface area (Å²) in [7, 11) is 3.95. The Hall–Kier alpha value is -1.04. The highest BCUT2D eigenvalue weighted by molar-refractivity contribution is 6.31. The number of carbonyl (C=O) groups excluding carboxylic acids is 1. The van der Waals surface area contributed by atoms with Gasteiger partial charge in [0.05, 0.1) is 11.1 Å². The molecule has 1 aromatic heterocycles. The Morgan fingerprint density at radius 3 is 2.76 bits per heavy atom. The maximum atomic E-state index is 12.8. The third-order valence-corrected chi connectivity index (χ3v) is 4.03. The zero-order chi connectivity index (χ0) is 15.7. The van der Waals surface area contributed by atoms with E-state index in [0.717, 1.165) is 6.54 Å². The largest absolute Gasteiger partial charge is 0.391 e. The number of hydrogen-bond donors (Lipinski definition) is 1. The number of nitrogens with zero attached hydrogens (tertiary/aromatic N) is 3. The highest BCUT2D eigenvalue weighted by atomic mass is 35.5. The van der Waals surface area contributed by atoms with Crippen molar-refractivity contribution in [2.75, 3.05) is 27.2 Å². The van der Waals surface area contributed by atoms with E-state index < -0.39 is 6.10 Å². The Morgan fingerprint density at radius 2 is 2.19 bits per heavy atom. The highest BCUT2D eigenvalue weighted by Gasteiger charge is 2.36. The van der Waals surface area contributed by atoms with Crippen molar-refractivity contribution < 1.29 is 9.90 Å². The van der Waals surface area contributed by atoms with E-state index in [4.69, 9.17) is 11.6 Å². The van der Waals surface area contributed by atoms with Crippen LogP contribution in [-0.4, -0.2) is 64.7 Å². The molecule has 0 spiro atoms. The Kier molecular flexibility index (Phi) is 4.96. The van der Waals surface area contributed by atoms with E-state index in [2.05, 4.69) is 0 Å². The first-order valence-electron chi connectivity index (χ1n) is 7.30. The average molecular weight is 314 g/mol. The molecule has 5 nitrogen and oxygen atoms in total. The molecule has 6 heteroatoms. The van der Waals surface area contributed by atoms with Crippen LogP contribution in [0.1, 0.15) is 36.8 Å². The number of likely N-dealkylation sites (tertiary alicyclic amines) is 1.